The van der Waals surface area contributed by atoms with Gasteiger partial charge < -0.3 is 9.30 Å². The summed E-state index contributed by atoms with van der Waals surface area (Å²) >= 11 is 0. The predicted octanol–water partition coefficient (Wildman–Crippen LogP) is 4.74. The molecule has 7 nitrogen and oxygen atoms in total. The number of halogens is 1. The van der Waals surface area contributed by atoms with Crippen molar-refractivity contribution in [1.29, 1.82) is 0 Å². The van der Waals surface area contributed by atoms with Gasteiger partial charge >= 0.3 is 5.69 Å². The van der Waals surface area contributed by atoms with Crippen LogP contribution in [0.25, 0.3) is 16.9 Å². The summed E-state index contributed by atoms with van der Waals surface area (Å²) in [6.07, 6.45) is 1.54. The Hall–Kier alpha value is -4.46. The fourth-order valence-electron chi connectivity index (χ4n) is 4.30. The lowest BCUT2D eigenvalue weighted by molar-refractivity contribution is 0.293. The fraction of sp³-hybridized carbons (Fsp3) is 0.207. The molecule has 0 amide bonds. The fourth-order valence-corrected chi connectivity index (χ4v) is 4.30. The van der Waals surface area contributed by atoms with Gasteiger partial charge in [0, 0.05) is 6.54 Å². The van der Waals surface area contributed by atoms with Crippen LogP contribution in [0.15, 0.2) is 94.8 Å². The summed E-state index contributed by atoms with van der Waals surface area (Å²) in [7, 11) is 0. The first-order valence-electron chi connectivity index (χ1n) is 12.2. The van der Waals surface area contributed by atoms with Crippen LogP contribution in [-0.2, 0) is 13.1 Å². The zero-order valence-electron chi connectivity index (χ0n) is 20.7. The summed E-state index contributed by atoms with van der Waals surface area (Å²) in [6, 6.07) is 23.0. The predicted molar refractivity (Wildman–Crippen MR) is 141 cm³/mol. The number of aromatic nitrogens is 4. The number of hydrogen-bond donors (Lipinski definition) is 0. The van der Waals surface area contributed by atoms with E-state index in [4.69, 9.17) is 4.74 Å². The van der Waals surface area contributed by atoms with E-state index < -0.39 is 11.2 Å². The second kappa shape index (κ2) is 10.3. The zero-order chi connectivity index (χ0) is 25.9. The molecular weight excluding hydrogens is 471 g/mol. The highest BCUT2D eigenvalue weighted by molar-refractivity contribution is 5.72. The van der Waals surface area contributed by atoms with Crippen molar-refractivity contribution in [3.8, 4) is 11.4 Å². The Bertz CT molecular complexity index is 1630. The van der Waals surface area contributed by atoms with E-state index >= 15 is 0 Å². The van der Waals surface area contributed by atoms with E-state index in [0.29, 0.717) is 23.9 Å². The van der Waals surface area contributed by atoms with Crippen molar-refractivity contribution in [2.24, 2.45) is 0 Å². The largest absolute Gasteiger partial charge is 0.492 e. The van der Waals surface area contributed by atoms with Crippen molar-refractivity contribution in [2.75, 3.05) is 6.61 Å². The van der Waals surface area contributed by atoms with Gasteiger partial charge in [-0.25, -0.2) is 18.7 Å². The van der Waals surface area contributed by atoms with E-state index in [9.17, 15) is 14.0 Å². The number of imidazole rings is 1. The van der Waals surface area contributed by atoms with Gasteiger partial charge in [0.2, 0.25) is 0 Å². The molecule has 2 aromatic heterocycles. The number of hydrogen-bond acceptors (Lipinski definition) is 4. The average molecular weight is 499 g/mol. The molecule has 0 radical (unpaired) electrons. The molecule has 2 heterocycles. The molecule has 5 rings (SSSR count). The Balaban J connectivity index is 1.61. The standard InChI is InChI=1S/C29H27FN4O3/c1-20(2)22-10-14-24(15-11-22)34-27-26(32(19-31-27)18-21-8-12-23(30)13-9-21)28(35)33(29(34)36)16-17-37-25-6-4-3-5-7-25/h3-15,19-20H,16-18H2,1-2H3. The van der Waals surface area contributed by atoms with Crippen molar-refractivity contribution in [1.82, 2.24) is 18.7 Å². The lowest BCUT2D eigenvalue weighted by atomic mass is 10.0. The number of rotatable bonds is 8. The minimum absolute atomic E-state index is 0.0638. The monoisotopic (exact) mass is 498 g/mol. The quantitative estimate of drug-likeness (QED) is 0.310. The van der Waals surface area contributed by atoms with Gasteiger partial charge in [-0.1, -0.05) is 56.3 Å². The van der Waals surface area contributed by atoms with Crippen LogP contribution < -0.4 is 16.0 Å². The third-order valence-corrected chi connectivity index (χ3v) is 6.31. The molecule has 188 valence electrons. The molecule has 0 aliphatic carbocycles. The summed E-state index contributed by atoms with van der Waals surface area (Å²) in [4.78, 5) is 31.7. The number of nitrogens with zero attached hydrogens (tertiary/aromatic N) is 4. The minimum atomic E-state index is -0.488. The van der Waals surface area contributed by atoms with Crippen LogP contribution in [-0.4, -0.2) is 25.3 Å². The third kappa shape index (κ3) is 4.95. The summed E-state index contributed by atoms with van der Waals surface area (Å²) in [5.74, 6) is 0.658. The number of fused-ring (bicyclic) bond motifs is 1. The highest BCUT2D eigenvalue weighted by atomic mass is 19.1. The maximum atomic E-state index is 13.6. The normalized spacial score (nSPS) is 11.4. The summed E-state index contributed by atoms with van der Waals surface area (Å²) in [6.45, 7) is 4.71. The molecule has 0 spiro atoms. The van der Waals surface area contributed by atoms with Gasteiger partial charge in [-0.05, 0) is 53.4 Å². The van der Waals surface area contributed by atoms with E-state index in [2.05, 4.69) is 18.8 Å². The molecule has 0 unspecified atom stereocenters. The summed E-state index contributed by atoms with van der Waals surface area (Å²) in [5, 5.41) is 0. The molecule has 0 bridgehead atoms. The zero-order valence-corrected chi connectivity index (χ0v) is 20.7. The molecule has 3 aromatic carbocycles. The smallest absolute Gasteiger partial charge is 0.337 e. The van der Waals surface area contributed by atoms with Crippen molar-refractivity contribution in [3.05, 3.63) is 123 Å². The molecule has 0 saturated heterocycles. The first-order valence-corrected chi connectivity index (χ1v) is 12.2. The van der Waals surface area contributed by atoms with Gasteiger partial charge in [0.15, 0.2) is 11.2 Å². The van der Waals surface area contributed by atoms with Gasteiger partial charge in [-0.15, -0.1) is 0 Å². The van der Waals surface area contributed by atoms with Crippen molar-refractivity contribution >= 4 is 11.2 Å². The van der Waals surface area contributed by atoms with E-state index in [1.54, 1.807) is 23.0 Å². The summed E-state index contributed by atoms with van der Waals surface area (Å²) in [5.41, 5.74) is 2.18. The van der Waals surface area contributed by atoms with Gasteiger partial charge in [0.05, 0.1) is 18.6 Å². The van der Waals surface area contributed by atoms with Crippen molar-refractivity contribution in [2.45, 2.75) is 32.9 Å². The lowest BCUT2D eigenvalue weighted by Crippen LogP contribution is -2.41. The SMILES string of the molecule is CC(C)c1ccc(-n2c(=O)n(CCOc3ccccc3)c(=O)c3c2ncn3Cc2ccc(F)cc2)cc1. The molecule has 0 saturated carbocycles. The third-order valence-electron chi connectivity index (χ3n) is 6.31. The molecular formula is C29H27FN4O3. The molecule has 0 aliphatic rings. The van der Waals surface area contributed by atoms with Crippen molar-refractivity contribution < 1.29 is 9.13 Å². The highest BCUT2D eigenvalue weighted by Crippen LogP contribution is 2.19. The van der Waals surface area contributed by atoms with E-state index in [1.807, 2.05) is 54.6 Å². The van der Waals surface area contributed by atoms with Crippen LogP contribution in [0.2, 0.25) is 0 Å². The maximum absolute atomic E-state index is 13.6. The molecule has 0 N–H and O–H groups in total. The van der Waals surface area contributed by atoms with Crippen LogP contribution in [0, 0.1) is 5.82 Å². The lowest BCUT2D eigenvalue weighted by Gasteiger charge is -2.14. The number of para-hydroxylation sites is 1. The Morgan fingerprint density at radius 1 is 0.919 bits per heavy atom. The average Bonchev–Trinajstić information content (AvgIpc) is 3.31. The number of benzene rings is 3. The molecule has 0 atom stereocenters. The van der Waals surface area contributed by atoms with Crippen LogP contribution in [0.4, 0.5) is 4.39 Å². The minimum Gasteiger partial charge on any atom is -0.492 e. The van der Waals surface area contributed by atoms with Crippen LogP contribution in [0.1, 0.15) is 30.9 Å². The molecule has 0 aliphatic heterocycles. The van der Waals surface area contributed by atoms with Crippen LogP contribution >= 0.6 is 0 Å². The van der Waals surface area contributed by atoms with Gasteiger partial charge in [-0.2, -0.15) is 0 Å². The van der Waals surface area contributed by atoms with Crippen LogP contribution in [0.5, 0.6) is 5.75 Å². The van der Waals surface area contributed by atoms with E-state index in [0.717, 1.165) is 11.1 Å². The van der Waals surface area contributed by atoms with Crippen LogP contribution in [0.3, 0.4) is 0 Å². The topological polar surface area (TPSA) is 71.1 Å². The molecule has 37 heavy (non-hydrogen) atoms. The first kappa shape index (κ1) is 24.2. The maximum Gasteiger partial charge on any atom is 0.337 e. The Labute approximate surface area is 213 Å². The van der Waals surface area contributed by atoms with Gasteiger partial charge in [0.25, 0.3) is 5.56 Å². The highest BCUT2D eigenvalue weighted by Gasteiger charge is 2.19. The molecule has 0 fully saturated rings. The van der Waals surface area contributed by atoms with Gasteiger partial charge in [-0.3, -0.25) is 9.36 Å². The second-order valence-corrected chi connectivity index (χ2v) is 9.15. The van der Waals surface area contributed by atoms with Crippen molar-refractivity contribution in [3.63, 3.8) is 0 Å². The summed E-state index contributed by atoms with van der Waals surface area (Å²) < 4.78 is 23.5. The second-order valence-electron chi connectivity index (χ2n) is 9.15. The molecule has 5 aromatic rings. The Morgan fingerprint density at radius 3 is 2.30 bits per heavy atom. The first-order chi connectivity index (χ1) is 17.9. The molecule has 8 heteroatoms. The number of ether oxygens (including phenoxy) is 1. The Kier molecular flexibility index (Phi) is 6.72. The van der Waals surface area contributed by atoms with E-state index in [-0.39, 0.29) is 30.1 Å². The van der Waals surface area contributed by atoms with Gasteiger partial charge in [0.1, 0.15) is 18.2 Å². The Morgan fingerprint density at radius 2 is 1.62 bits per heavy atom. The van der Waals surface area contributed by atoms with E-state index in [1.165, 1.54) is 21.3 Å².